The lowest BCUT2D eigenvalue weighted by molar-refractivity contribution is -0.949. The maximum absolute atomic E-state index is 10.5. The summed E-state index contributed by atoms with van der Waals surface area (Å²) >= 11 is 0. The molecule has 4 nitrogen and oxygen atoms in total. The highest BCUT2D eigenvalue weighted by Gasteiger charge is 2.21. The molecule has 1 fully saturated rings. The predicted molar refractivity (Wildman–Crippen MR) is 84.6 cm³/mol. The van der Waals surface area contributed by atoms with Gasteiger partial charge in [-0.1, -0.05) is 18.2 Å². The number of rotatable bonds is 4. The average molecular weight is 289 g/mol. The van der Waals surface area contributed by atoms with Crippen molar-refractivity contribution in [1.29, 1.82) is 0 Å². The molecule has 0 spiro atoms. The van der Waals surface area contributed by atoms with E-state index < -0.39 is 0 Å². The smallest absolute Gasteiger partial charge is 0.127 e. The molecular formula is C17H27N3O+2. The number of quaternary nitrogens is 2. The molecule has 1 aliphatic rings. The average Bonchev–Trinajstić information content (AvgIpc) is 2.74. The second-order valence-corrected chi connectivity index (χ2v) is 6.31. The van der Waals surface area contributed by atoms with Gasteiger partial charge in [0.15, 0.2) is 0 Å². The third-order valence-corrected chi connectivity index (χ3v) is 4.87. The molecule has 1 aromatic heterocycles. The van der Waals surface area contributed by atoms with Crippen LogP contribution in [-0.2, 0) is 6.54 Å². The molecule has 0 unspecified atom stereocenters. The normalized spacial score (nSPS) is 18.2. The number of aliphatic hydroxyl groups excluding tert-OH is 1. The Morgan fingerprint density at radius 3 is 2.71 bits per heavy atom. The molecule has 21 heavy (non-hydrogen) atoms. The highest BCUT2D eigenvalue weighted by atomic mass is 16.3. The minimum Gasteiger partial charge on any atom is -0.385 e. The number of hydrogen-bond acceptors (Lipinski definition) is 1. The van der Waals surface area contributed by atoms with Crippen LogP contribution in [0.25, 0.3) is 10.9 Å². The molecule has 2 aromatic rings. The Labute approximate surface area is 126 Å². The van der Waals surface area contributed by atoms with Crippen molar-refractivity contribution in [3.63, 3.8) is 0 Å². The number of fused-ring (bicyclic) bond motifs is 1. The second kappa shape index (κ2) is 6.18. The number of nitrogens with two attached hydrogens (primary N) is 1. The third-order valence-electron chi connectivity index (χ3n) is 4.87. The van der Waals surface area contributed by atoms with Gasteiger partial charge in [-0.05, 0) is 25.5 Å². The summed E-state index contributed by atoms with van der Waals surface area (Å²) in [6.45, 7) is 10.6. The van der Waals surface area contributed by atoms with Crippen molar-refractivity contribution < 1.29 is 15.3 Å². The fourth-order valence-corrected chi connectivity index (χ4v) is 3.53. The largest absolute Gasteiger partial charge is 0.385 e. The van der Waals surface area contributed by atoms with Crippen molar-refractivity contribution in [3.8, 4) is 0 Å². The SMILES string of the molecule is Cc1c(C)n(C[C@H](O)C[NH+]2CC[NH2+]CC2)c2ccccc12. The molecule has 1 atom stereocenters. The van der Waals surface area contributed by atoms with E-state index in [1.165, 1.54) is 53.2 Å². The van der Waals surface area contributed by atoms with Gasteiger partial charge < -0.3 is 19.9 Å². The Kier molecular flexibility index (Phi) is 4.29. The van der Waals surface area contributed by atoms with Gasteiger partial charge in [-0.3, -0.25) is 0 Å². The van der Waals surface area contributed by atoms with Crippen molar-refractivity contribution in [1.82, 2.24) is 4.57 Å². The van der Waals surface area contributed by atoms with Gasteiger partial charge in [0.05, 0.1) is 6.54 Å². The van der Waals surface area contributed by atoms with E-state index in [0.717, 1.165) is 6.54 Å². The van der Waals surface area contributed by atoms with Crippen molar-refractivity contribution in [2.24, 2.45) is 0 Å². The van der Waals surface area contributed by atoms with Crippen LogP contribution in [0.2, 0.25) is 0 Å². The first-order valence-corrected chi connectivity index (χ1v) is 8.04. The van der Waals surface area contributed by atoms with Crippen LogP contribution in [0.15, 0.2) is 24.3 Å². The van der Waals surface area contributed by atoms with Crippen LogP contribution in [0, 0.1) is 13.8 Å². The molecule has 1 aromatic carbocycles. The van der Waals surface area contributed by atoms with Crippen molar-refractivity contribution in [3.05, 3.63) is 35.5 Å². The molecule has 4 N–H and O–H groups in total. The molecule has 1 saturated heterocycles. The minimum absolute atomic E-state index is 0.271. The molecule has 0 saturated carbocycles. The van der Waals surface area contributed by atoms with Crippen LogP contribution < -0.4 is 10.2 Å². The number of para-hydroxylation sites is 1. The van der Waals surface area contributed by atoms with Crippen LogP contribution in [0.4, 0.5) is 0 Å². The van der Waals surface area contributed by atoms with E-state index in [4.69, 9.17) is 0 Å². The molecule has 2 heterocycles. The predicted octanol–water partition coefficient (Wildman–Crippen LogP) is -0.919. The van der Waals surface area contributed by atoms with Crippen LogP contribution in [-0.4, -0.2) is 48.5 Å². The molecule has 0 radical (unpaired) electrons. The third kappa shape index (κ3) is 2.98. The molecule has 4 heteroatoms. The van der Waals surface area contributed by atoms with E-state index >= 15 is 0 Å². The zero-order valence-electron chi connectivity index (χ0n) is 13.1. The number of aliphatic hydroxyl groups is 1. The molecule has 0 amide bonds. The van der Waals surface area contributed by atoms with E-state index in [0.29, 0.717) is 6.54 Å². The number of nitrogens with zero attached hydrogens (tertiary/aromatic N) is 1. The Morgan fingerprint density at radius 2 is 1.95 bits per heavy atom. The zero-order chi connectivity index (χ0) is 14.8. The van der Waals surface area contributed by atoms with E-state index in [1.807, 2.05) is 0 Å². The van der Waals surface area contributed by atoms with Gasteiger partial charge in [-0.25, -0.2) is 0 Å². The Morgan fingerprint density at radius 1 is 1.24 bits per heavy atom. The fraction of sp³-hybridized carbons (Fsp3) is 0.529. The minimum atomic E-state index is -0.271. The quantitative estimate of drug-likeness (QED) is 0.670. The number of hydrogen-bond donors (Lipinski definition) is 3. The summed E-state index contributed by atoms with van der Waals surface area (Å²) in [5, 5.41) is 14.2. The van der Waals surface area contributed by atoms with E-state index in [-0.39, 0.29) is 6.10 Å². The first kappa shape index (κ1) is 14.6. The maximum atomic E-state index is 10.5. The highest BCUT2D eigenvalue weighted by molar-refractivity contribution is 5.85. The number of aryl methyl sites for hydroxylation is 1. The molecule has 0 aliphatic carbocycles. The highest BCUT2D eigenvalue weighted by Crippen LogP contribution is 2.24. The molecule has 3 rings (SSSR count). The van der Waals surface area contributed by atoms with E-state index in [9.17, 15) is 5.11 Å². The summed E-state index contributed by atoms with van der Waals surface area (Å²) in [4.78, 5) is 1.54. The van der Waals surface area contributed by atoms with Crippen LogP contribution in [0.1, 0.15) is 11.3 Å². The van der Waals surface area contributed by atoms with Crippen LogP contribution >= 0.6 is 0 Å². The van der Waals surface area contributed by atoms with Gasteiger partial charge in [0.2, 0.25) is 0 Å². The Hall–Kier alpha value is -1.36. The molecule has 114 valence electrons. The summed E-state index contributed by atoms with van der Waals surface area (Å²) in [6, 6.07) is 8.50. The lowest BCUT2D eigenvalue weighted by Gasteiger charge is -2.25. The summed E-state index contributed by atoms with van der Waals surface area (Å²) < 4.78 is 2.28. The lowest BCUT2D eigenvalue weighted by Crippen LogP contribution is -3.21. The standard InChI is InChI=1S/C17H25N3O/c1-13-14(2)20(17-6-4-3-5-16(13)17)12-15(21)11-19-9-7-18-8-10-19/h3-6,15,18,21H,7-12H2,1-2H3/p+2/t15-/m1/s1. The molecule has 0 bridgehead atoms. The Bertz CT molecular complexity index is 614. The first-order chi connectivity index (χ1) is 10.2. The maximum Gasteiger partial charge on any atom is 0.127 e. The number of nitrogens with one attached hydrogen (secondary N) is 1. The summed E-state index contributed by atoms with van der Waals surface area (Å²) in [6.07, 6.45) is -0.271. The van der Waals surface area contributed by atoms with Crippen LogP contribution in [0.5, 0.6) is 0 Å². The number of benzene rings is 1. The van der Waals surface area contributed by atoms with Crippen molar-refractivity contribution >= 4 is 10.9 Å². The summed E-state index contributed by atoms with van der Waals surface area (Å²) in [5.41, 5.74) is 3.85. The Balaban J connectivity index is 1.76. The van der Waals surface area contributed by atoms with Gasteiger partial charge >= 0.3 is 0 Å². The first-order valence-electron chi connectivity index (χ1n) is 8.04. The number of piperazine rings is 1. The number of aromatic nitrogens is 1. The second-order valence-electron chi connectivity index (χ2n) is 6.31. The van der Waals surface area contributed by atoms with Gasteiger partial charge in [0, 0.05) is 16.6 Å². The van der Waals surface area contributed by atoms with Gasteiger partial charge in [-0.2, -0.15) is 0 Å². The molecule has 1 aliphatic heterocycles. The molecular weight excluding hydrogens is 262 g/mol. The van der Waals surface area contributed by atoms with E-state index in [1.54, 1.807) is 0 Å². The van der Waals surface area contributed by atoms with Crippen LogP contribution in [0.3, 0.4) is 0 Å². The lowest BCUT2D eigenvalue weighted by atomic mass is 10.2. The van der Waals surface area contributed by atoms with Gasteiger partial charge in [0.25, 0.3) is 0 Å². The fourth-order valence-electron chi connectivity index (χ4n) is 3.53. The topological polar surface area (TPSA) is 46.2 Å². The summed E-state index contributed by atoms with van der Waals surface area (Å²) in [5.74, 6) is 0. The van der Waals surface area contributed by atoms with Gasteiger partial charge in [0.1, 0.15) is 38.8 Å². The van der Waals surface area contributed by atoms with Crippen molar-refractivity contribution in [2.75, 3.05) is 32.7 Å². The zero-order valence-corrected chi connectivity index (χ0v) is 13.1. The van der Waals surface area contributed by atoms with E-state index in [2.05, 4.69) is 48.0 Å². The van der Waals surface area contributed by atoms with Crippen molar-refractivity contribution in [2.45, 2.75) is 26.5 Å². The van der Waals surface area contributed by atoms with Gasteiger partial charge in [-0.15, -0.1) is 0 Å². The monoisotopic (exact) mass is 289 g/mol. The summed E-state index contributed by atoms with van der Waals surface area (Å²) in [7, 11) is 0.